The van der Waals surface area contributed by atoms with Crippen molar-refractivity contribution in [1.82, 2.24) is 19.3 Å². The van der Waals surface area contributed by atoms with Crippen LogP contribution in [0.4, 0.5) is 0 Å². The molecule has 4 rings (SSSR count). The molecule has 0 N–H and O–H groups in total. The summed E-state index contributed by atoms with van der Waals surface area (Å²) in [4.78, 5) is 23.5. The number of amides is 1. The molecule has 0 aromatic carbocycles. The van der Waals surface area contributed by atoms with Crippen LogP contribution in [-0.2, 0) is 4.74 Å². The number of nitrogens with zero attached hydrogens (tertiary/aromatic N) is 4. The second kappa shape index (κ2) is 6.41. The number of carbonyl (C=O) groups is 1. The summed E-state index contributed by atoms with van der Waals surface area (Å²) < 4.78 is 7.81. The molecule has 2 aliphatic carbocycles. The zero-order chi connectivity index (χ0) is 17.4. The minimum absolute atomic E-state index is 0.0182. The van der Waals surface area contributed by atoms with E-state index in [4.69, 9.17) is 4.74 Å². The molecule has 2 fully saturated rings. The first-order valence-corrected chi connectivity index (χ1v) is 9.34. The van der Waals surface area contributed by atoms with Gasteiger partial charge in [-0.05, 0) is 32.3 Å². The number of aromatic nitrogens is 3. The molecule has 134 valence electrons. The molecule has 0 radical (unpaired) electrons. The monoisotopic (exact) mass is 342 g/mol. The molecular weight excluding hydrogens is 316 g/mol. The van der Waals surface area contributed by atoms with Gasteiger partial charge in [-0.15, -0.1) is 0 Å². The van der Waals surface area contributed by atoms with Crippen LogP contribution in [0.5, 0.6) is 0 Å². The largest absolute Gasteiger partial charge is 0.378 e. The molecule has 6 heteroatoms. The van der Waals surface area contributed by atoms with Gasteiger partial charge in [0.15, 0.2) is 0 Å². The van der Waals surface area contributed by atoms with E-state index in [1.54, 1.807) is 16.8 Å². The molecule has 0 aliphatic heterocycles. The maximum Gasteiger partial charge on any atom is 0.274 e. The van der Waals surface area contributed by atoms with E-state index in [1.165, 1.54) is 19.3 Å². The first-order chi connectivity index (χ1) is 12.2. The number of hydrogen-bond acceptors (Lipinski definition) is 4. The smallest absolute Gasteiger partial charge is 0.274 e. The SMILES string of the molecule is CCO[C@@H]1C[C@H](N(C)C(=O)c2cn3cccnc3n2)C12CCCCC2. The highest BCUT2D eigenvalue weighted by Gasteiger charge is 2.57. The molecule has 25 heavy (non-hydrogen) atoms. The molecule has 2 aromatic heterocycles. The standard InChI is InChI=1S/C19H26N4O2/c1-3-25-16-12-15(19(16)8-5-4-6-9-19)22(2)17(24)14-13-23-11-7-10-20-18(23)21-14/h7,10-11,13,15-16H,3-6,8-9,12H2,1-2H3/t15-,16+/m0/s1. The van der Waals surface area contributed by atoms with Crippen LogP contribution in [0.15, 0.2) is 24.7 Å². The van der Waals surface area contributed by atoms with E-state index in [9.17, 15) is 4.79 Å². The van der Waals surface area contributed by atoms with E-state index >= 15 is 0 Å². The third kappa shape index (κ3) is 2.63. The molecule has 6 nitrogen and oxygen atoms in total. The van der Waals surface area contributed by atoms with Gasteiger partial charge in [0.2, 0.25) is 5.78 Å². The second-order valence-corrected chi connectivity index (χ2v) is 7.36. The minimum atomic E-state index is -0.0182. The zero-order valence-corrected chi connectivity index (χ0v) is 15.0. The van der Waals surface area contributed by atoms with E-state index in [-0.39, 0.29) is 17.4 Å². The van der Waals surface area contributed by atoms with Crippen LogP contribution >= 0.6 is 0 Å². The van der Waals surface area contributed by atoms with Crippen LogP contribution in [0.2, 0.25) is 0 Å². The Morgan fingerprint density at radius 3 is 2.92 bits per heavy atom. The second-order valence-electron chi connectivity index (χ2n) is 7.36. The fourth-order valence-electron chi connectivity index (χ4n) is 4.83. The number of ether oxygens (including phenoxy) is 1. The predicted molar refractivity (Wildman–Crippen MR) is 94.4 cm³/mol. The Kier molecular flexibility index (Phi) is 4.23. The van der Waals surface area contributed by atoms with Gasteiger partial charge in [0, 0.05) is 43.7 Å². The lowest BCUT2D eigenvalue weighted by molar-refractivity contribution is -0.170. The molecule has 2 heterocycles. The first-order valence-electron chi connectivity index (χ1n) is 9.34. The number of rotatable bonds is 4. The van der Waals surface area contributed by atoms with Gasteiger partial charge >= 0.3 is 0 Å². The lowest BCUT2D eigenvalue weighted by Crippen LogP contribution is -2.65. The Morgan fingerprint density at radius 1 is 1.40 bits per heavy atom. The molecule has 2 saturated carbocycles. The highest BCUT2D eigenvalue weighted by molar-refractivity contribution is 5.93. The van der Waals surface area contributed by atoms with Gasteiger partial charge in [0.05, 0.1) is 6.10 Å². The van der Waals surface area contributed by atoms with Crippen molar-refractivity contribution >= 4 is 11.7 Å². The average Bonchev–Trinajstić information content (AvgIpc) is 3.08. The Balaban J connectivity index is 1.56. The van der Waals surface area contributed by atoms with Crippen molar-refractivity contribution in [3.63, 3.8) is 0 Å². The van der Waals surface area contributed by atoms with E-state index in [0.717, 1.165) is 25.9 Å². The fraction of sp³-hybridized carbons (Fsp3) is 0.632. The Hall–Kier alpha value is -1.95. The lowest BCUT2D eigenvalue weighted by atomic mass is 9.54. The predicted octanol–water partition coefficient (Wildman–Crippen LogP) is 2.93. The van der Waals surface area contributed by atoms with Gasteiger partial charge in [-0.3, -0.25) is 9.20 Å². The van der Waals surface area contributed by atoms with Gasteiger partial charge in [0.25, 0.3) is 5.91 Å². The topological polar surface area (TPSA) is 59.7 Å². The van der Waals surface area contributed by atoms with Crippen molar-refractivity contribution in [2.24, 2.45) is 5.41 Å². The van der Waals surface area contributed by atoms with E-state index in [2.05, 4.69) is 16.9 Å². The number of carbonyl (C=O) groups excluding carboxylic acids is 1. The first kappa shape index (κ1) is 16.5. The molecular formula is C19H26N4O2. The minimum Gasteiger partial charge on any atom is -0.378 e. The van der Waals surface area contributed by atoms with Crippen LogP contribution in [-0.4, -0.2) is 51.0 Å². The van der Waals surface area contributed by atoms with Gasteiger partial charge in [-0.25, -0.2) is 9.97 Å². The van der Waals surface area contributed by atoms with Crippen molar-refractivity contribution in [3.05, 3.63) is 30.4 Å². The van der Waals surface area contributed by atoms with Crippen molar-refractivity contribution in [1.29, 1.82) is 0 Å². The Bertz CT molecular complexity index is 733. The highest BCUT2D eigenvalue weighted by atomic mass is 16.5. The average molecular weight is 342 g/mol. The maximum absolute atomic E-state index is 13.0. The quantitative estimate of drug-likeness (QED) is 0.857. The van der Waals surface area contributed by atoms with Crippen molar-refractivity contribution in [2.45, 2.75) is 57.6 Å². The van der Waals surface area contributed by atoms with E-state index in [1.807, 2.05) is 24.2 Å². The Morgan fingerprint density at radius 2 is 2.20 bits per heavy atom. The van der Waals surface area contributed by atoms with Gasteiger partial charge in [-0.1, -0.05) is 19.3 Å². The summed E-state index contributed by atoms with van der Waals surface area (Å²) in [6, 6.07) is 2.08. The van der Waals surface area contributed by atoms with Crippen LogP contribution in [0, 0.1) is 5.41 Å². The third-order valence-corrected chi connectivity index (χ3v) is 6.14. The number of hydrogen-bond donors (Lipinski definition) is 0. The molecule has 2 atom stereocenters. The summed E-state index contributed by atoms with van der Waals surface area (Å²) >= 11 is 0. The molecule has 1 amide bonds. The van der Waals surface area contributed by atoms with Crippen LogP contribution in [0.3, 0.4) is 0 Å². The summed E-state index contributed by atoms with van der Waals surface area (Å²) in [6.45, 7) is 2.80. The van der Waals surface area contributed by atoms with E-state index < -0.39 is 0 Å². The molecule has 0 bridgehead atoms. The summed E-state index contributed by atoms with van der Waals surface area (Å²) in [7, 11) is 1.92. The van der Waals surface area contributed by atoms with Gasteiger partial charge in [0.1, 0.15) is 5.69 Å². The van der Waals surface area contributed by atoms with Gasteiger partial charge < -0.3 is 9.64 Å². The third-order valence-electron chi connectivity index (χ3n) is 6.14. The summed E-state index contributed by atoms with van der Waals surface area (Å²) in [5.41, 5.74) is 0.600. The Labute approximate surface area is 148 Å². The lowest BCUT2D eigenvalue weighted by Gasteiger charge is -2.60. The van der Waals surface area contributed by atoms with Crippen molar-refractivity contribution < 1.29 is 9.53 Å². The molecule has 2 aliphatic rings. The van der Waals surface area contributed by atoms with Crippen LogP contribution < -0.4 is 0 Å². The normalized spacial score (nSPS) is 25.0. The summed E-state index contributed by atoms with van der Waals surface area (Å²) in [6.07, 6.45) is 12.6. The highest BCUT2D eigenvalue weighted by Crippen LogP contribution is 2.55. The molecule has 0 saturated heterocycles. The summed E-state index contributed by atoms with van der Waals surface area (Å²) in [5.74, 6) is 0.544. The van der Waals surface area contributed by atoms with E-state index in [0.29, 0.717) is 17.6 Å². The number of fused-ring (bicyclic) bond motifs is 1. The molecule has 0 unspecified atom stereocenters. The number of imidazole rings is 1. The molecule has 1 spiro atoms. The van der Waals surface area contributed by atoms with Crippen molar-refractivity contribution in [2.75, 3.05) is 13.7 Å². The van der Waals surface area contributed by atoms with Gasteiger partial charge in [-0.2, -0.15) is 0 Å². The van der Waals surface area contributed by atoms with Crippen LogP contribution in [0.25, 0.3) is 5.78 Å². The van der Waals surface area contributed by atoms with Crippen LogP contribution in [0.1, 0.15) is 55.9 Å². The zero-order valence-electron chi connectivity index (χ0n) is 15.0. The fourth-order valence-corrected chi connectivity index (χ4v) is 4.83. The van der Waals surface area contributed by atoms with Crippen molar-refractivity contribution in [3.8, 4) is 0 Å². The summed E-state index contributed by atoms with van der Waals surface area (Å²) in [5, 5.41) is 0. The maximum atomic E-state index is 13.0. The molecule has 2 aromatic rings.